The van der Waals surface area contributed by atoms with Crippen LogP contribution in [0.5, 0.6) is 0 Å². The summed E-state index contributed by atoms with van der Waals surface area (Å²) in [6.07, 6.45) is 1.72. The van der Waals surface area contributed by atoms with Crippen molar-refractivity contribution in [1.29, 1.82) is 0 Å². The fraction of sp³-hybridized carbons (Fsp3) is 0.444. The first kappa shape index (κ1) is 18.9. The first-order valence-corrected chi connectivity index (χ1v) is 8.08. The number of rotatable bonds is 4. The molecule has 136 valence electrons. The highest BCUT2D eigenvalue weighted by Gasteiger charge is 2.19. The summed E-state index contributed by atoms with van der Waals surface area (Å²) in [5.41, 5.74) is 0.514. The molecule has 1 heterocycles. The van der Waals surface area contributed by atoms with Gasteiger partial charge in [0, 0.05) is 12.5 Å². The average Bonchev–Trinajstić information content (AvgIpc) is 3.03. The van der Waals surface area contributed by atoms with Crippen molar-refractivity contribution in [2.75, 3.05) is 7.05 Å². The van der Waals surface area contributed by atoms with Crippen LogP contribution in [0.4, 0.5) is 8.78 Å². The van der Waals surface area contributed by atoms with Gasteiger partial charge in [0.25, 0.3) is 0 Å². The molecule has 0 fully saturated rings. The third-order valence-electron chi connectivity index (χ3n) is 3.72. The fourth-order valence-corrected chi connectivity index (χ4v) is 2.16. The molecule has 0 aliphatic heterocycles. The minimum atomic E-state index is -0.872. The fourth-order valence-electron chi connectivity index (χ4n) is 2.16. The number of nitrogens with zero attached hydrogens (tertiary/aromatic N) is 2. The number of hydrogen-bond donors (Lipinski definition) is 2. The lowest BCUT2D eigenvalue weighted by Gasteiger charge is -2.18. The molecule has 0 radical (unpaired) electrons. The minimum Gasteiger partial charge on any atom is -0.443 e. The highest BCUT2D eigenvalue weighted by molar-refractivity contribution is 5.80. The summed E-state index contributed by atoms with van der Waals surface area (Å²) in [5.74, 6) is 0.129. The standard InChI is InChI=1S/C18H24F2N4O/c1-11(12-6-7-13(19)14(20)8-12)24-17(21-5)23-10-16-22-9-15(25-16)18(2,3)4/h6-9,11H,10H2,1-5H3,(H2,21,23,24). The summed E-state index contributed by atoms with van der Waals surface area (Å²) < 4.78 is 32.1. The number of halogens is 2. The topological polar surface area (TPSA) is 62.5 Å². The molecule has 1 unspecified atom stereocenters. The van der Waals surface area contributed by atoms with Crippen LogP contribution in [0.1, 0.15) is 51.0 Å². The molecule has 0 amide bonds. The molecule has 1 aromatic heterocycles. The Hall–Kier alpha value is -2.44. The maximum Gasteiger partial charge on any atom is 0.213 e. The Bertz CT molecular complexity index is 750. The van der Waals surface area contributed by atoms with E-state index in [2.05, 4.69) is 41.4 Å². The lowest BCUT2D eigenvalue weighted by Crippen LogP contribution is -2.38. The lowest BCUT2D eigenvalue weighted by atomic mass is 9.94. The monoisotopic (exact) mass is 350 g/mol. The van der Waals surface area contributed by atoms with Crippen molar-refractivity contribution in [2.24, 2.45) is 4.99 Å². The summed E-state index contributed by atoms with van der Waals surface area (Å²) in [6.45, 7) is 8.35. The van der Waals surface area contributed by atoms with Crippen LogP contribution >= 0.6 is 0 Å². The molecule has 0 aliphatic rings. The number of aromatic nitrogens is 1. The van der Waals surface area contributed by atoms with Crippen LogP contribution in [-0.4, -0.2) is 18.0 Å². The van der Waals surface area contributed by atoms with Gasteiger partial charge in [0.15, 0.2) is 17.6 Å². The number of nitrogens with one attached hydrogen (secondary N) is 2. The van der Waals surface area contributed by atoms with E-state index in [9.17, 15) is 8.78 Å². The van der Waals surface area contributed by atoms with Gasteiger partial charge in [-0.1, -0.05) is 26.8 Å². The summed E-state index contributed by atoms with van der Waals surface area (Å²) >= 11 is 0. The Balaban J connectivity index is 1.96. The molecular weight excluding hydrogens is 326 g/mol. The first-order valence-electron chi connectivity index (χ1n) is 8.08. The van der Waals surface area contributed by atoms with E-state index in [1.807, 2.05) is 6.92 Å². The molecule has 2 rings (SSSR count). The lowest BCUT2D eigenvalue weighted by molar-refractivity contribution is 0.379. The van der Waals surface area contributed by atoms with Crippen molar-refractivity contribution in [2.45, 2.75) is 45.7 Å². The van der Waals surface area contributed by atoms with Crippen LogP contribution < -0.4 is 10.6 Å². The van der Waals surface area contributed by atoms with E-state index in [4.69, 9.17) is 4.42 Å². The second kappa shape index (κ2) is 7.63. The minimum absolute atomic E-state index is 0.105. The van der Waals surface area contributed by atoms with Gasteiger partial charge < -0.3 is 15.1 Å². The van der Waals surface area contributed by atoms with Crippen LogP contribution in [0.15, 0.2) is 33.8 Å². The number of oxazole rings is 1. The quantitative estimate of drug-likeness (QED) is 0.652. The molecule has 25 heavy (non-hydrogen) atoms. The maximum absolute atomic E-state index is 13.4. The highest BCUT2D eigenvalue weighted by atomic mass is 19.2. The maximum atomic E-state index is 13.4. The molecule has 0 bridgehead atoms. The largest absolute Gasteiger partial charge is 0.443 e. The molecule has 0 saturated heterocycles. The molecule has 0 saturated carbocycles. The van der Waals surface area contributed by atoms with Crippen molar-refractivity contribution >= 4 is 5.96 Å². The SMILES string of the molecule is CN=C(NCc1ncc(C(C)(C)C)o1)NC(C)c1ccc(F)c(F)c1. The zero-order valence-electron chi connectivity index (χ0n) is 15.2. The van der Waals surface area contributed by atoms with E-state index in [0.717, 1.165) is 11.8 Å². The highest BCUT2D eigenvalue weighted by Crippen LogP contribution is 2.22. The smallest absolute Gasteiger partial charge is 0.213 e. The van der Waals surface area contributed by atoms with E-state index >= 15 is 0 Å². The second-order valence-electron chi connectivity index (χ2n) is 6.83. The summed E-state index contributed by atoms with van der Waals surface area (Å²) in [4.78, 5) is 8.37. The van der Waals surface area contributed by atoms with Gasteiger partial charge >= 0.3 is 0 Å². The summed E-state index contributed by atoms with van der Waals surface area (Å²) in [7, 11) is 1.63. The molecule has 1 atom stereocenters. The van der Waals surface area contributed by atoms with Crippen LogP contribution in [0.25, 0.3) is 0 Å². The Kier molecular flexibility index (Phi) is 5.77. The third kappa shape index (κ3) is 5.01. The number of hydrogen-bond acceptors (Lipinski definition) is 3. The predicted molar refractivity (Wildman–Crippen MR) is 93.3 cm³/mol. The molecule has 7 heteroatoms. The zero-order chi connectivity index (χ0) is 18.6. The Morgan fingerprint density at radius 3 is 2.56 bits per heavy atom. The Morgan fingerprint density at radius 1 is 1.28 bits per heavy atom. The van der Waals surface area contributed by atoms with E-state index in [-0.39, 0.29) is 11.5 Å². The van der Waals surface area contributed by atoms with Crippen LogP contribution in [0.2, 0.25) is 0 Å². The average molecular weight is 350 g/mol. The van der Waals surface area contributed by atoms with Gasteiger partial charge in [0.2, 0.25) is 5.89 Å². The van der Waals surface area contributed by atoms with Gasteiger partial charge in [-0.15, -0.1) is 0 Å². The van der Waals surface area contributed by atoms with Gasteiger partial charge in [-0.3, -0.25) is 4.99 Å². The molecule has 0 aliphatic carbocycles. The first-order chi connectivity index (χ1) is 11.7. The Morgan fingerprint density at radius 2 is 2.00 bits per heavy atom. The van der Waals surface area contributed by atoms with Gasteiger partial charge in [-0.05, 0) is 24.6 Å². The molecular formula is C18H24F2N4O. The number of guanidine groups is 1. The third-order valence-corrected chi connectivity index (χ3v) is 3.72. The second-order valence-corrected chi connectivity index (χ2v) is 6.83. The van der Waals surface area contributed by atoms with Crippen molar-refractivity contribution in [3.63, 3.8) is 0 Å². The van der Waals surface area contributed by atoms with Crippen molar-refractivity contribution < 1.29 is 13.2 Å². The van der Waals surface area contributed by atoms with Crippen LogP contribution in [-0.2, 0) is 12.0 Å². The normalized spacial score (nSPS) is 13.6. The van der Waals surface area contributed by atoms with Gasteiger partial charge in [-0.2, -0.15) is 0 Å². The summed E-state index contributed by atoms with van der Waals surface area (Å²) in [5, 5.41) is 6.21. The van der Waals surface area contributed by atoms with Crippen LogP contribution in [0, 0.1) is 11.6 Å². The van der Waals surface area contributed by atoms with E-state index in [1.54, 1.807) is 13.2 Å². The van der Waals surface area contributed by atoms with Gasteiger partial charge in [0.1, 0.15) is 5.76 Å². The number of aliphatic imine (C=N–C) groups is 1. The van der Waals surface area contributed by atoms with Gasteiger partial charge in [-0.25, -0.2) is 13.8 Å². The molecule has 0 spiro atoms. The van der Waals surface area contributed by atoms with E-state index in [0.29, 0.717) is 24.0 Å². The molecule has 5 nitrogen and oxygen atoms in total. The van der Waals surface area contributed by atoms with Crippen LogP contribution in [0.3, 0.4) is 0 Å². The van der Waals surface area contributed by atoms with E-state index < -0.39 is 11.6 Å². The Labute approximate surface area is 146 Å². The van der Waals surface area contributed by atoms with E-state index in [1.165, 1.54) is 12.1 Å². The summed E-state index contributed by atoms with van der Waals surface area (Å²) in [6, 6.07) is 3.56. The number of benzene rings is 1. The van der Waals surface area contributed by atoms with Crippen molar-refractivity contribution in [1.82, 2.24) is 15.6 Å². The molecule has 1 aromatic carbocycles. The van der Waals surface area contributed by atoms with Crippen molar-refractivity contribution in [3.05, 3.63) is 53.2 Å². The molecule has 2 N–H and O–H groups in total. The van der Waals surface area contributed by atoms with Crippen molar-refractivity contribution in [3.8, 4) is 0 Å². The zero-order valence-corrected chi connectivity index (χ0v) is 15.2. The molecule has 2 aromatic rings. The van der Waals surface area contributed by atoms with Gasteiger partial charge in [0.05, 0.1) is 18.8 Å². The predicted octanol–water partition coefficient (Wildman–Crippen LogP) is 3.68.